The minimum atomic E-state index is -3.88. The van der Waals surface area contributed by atoms with E-state index in [4.69, 9.17) is 11.6 Å². The lowest BCUT2D eigenvalue weighted by atomic mass is 10.1. The zero-order chi connectivity index (χ0) is 22.7. The first-order valence-corrected chi connectivity index (χ1v) is 11.2. The van der Waals surface area contributed by atoms with Crippen LogP contribution in [-0.4, -0.2) is 34.7 Å². The number of halogens is 1. The van der Waals surface area contributed by atoms with Crippen molar-refractivity contribution in [2.24, 2.45) is 0 Å². The van der Waals surface area contributed by atoms with E-state index >= 15 is 0 Å². The van der Waals surface area contributed by atoms with Crippen LogP contribution >= 0.6 is 11.6 Å². The molecule has 4 rings (SSSR count). The monoisotopic (exact) mass is 468 g/mol. The van der Waals surface area contributed by atoms with Crippen molar-refractivity contribution >= 4 is 39.0 Å². The van der Waals surface area contributed by atoms with Gasteiger partial charge in [0, 0.05) is 11.3 Å². The van der Waals surface area contributed by atoms with Gasteiger partial charge in [0.05, 0.1) is 10.6 Å². The van der Waals surface area contributed by atoms with Crippen LogP contribution in [0.3, 0.4) is 0 Å². The zero-order valence-electron chi connectivity index (χ0n) is 16.7. The SMILES string of the molecule is Cc1ccc(-c2cc(C(=O)Nc3ccc(S(=O)(=O)Nc4ccc(Cl)nn4)cc3)[nH]n2)cc1. The number of sulfonamides is 1. The van der Waals surface area contributed by atoms with E-state index in [-0.39, 0.29) is 21.6 Å². The molecule has 32 heavy (non-hydrogen) atoms. The van der Waals surface area contributed by atoms with Crippen molar-refractivity contribution in [1.82, 2.24) is 20.4 Å². The summed E-state index contributed by atoms with van der Waals surface area (Å²) in [5.74, 6) is -0.364. The van der Waals surface area contributed by atoms with Gasteiger partial charge in [0.15, 0.2) is 11.0 Å². The van der Waals surface area contributed by atoms with Gasteiger partial charge < -0.3 is 5.32 Å². The molecule has 0 aliphatic carbocycles. The number of carbonyl (C=O) groups excluding carboxylic acids is 1. The standard InChI is InChI=1S/C21H17ClN6O3S/c1-13-2-4-14(5-3-13)17-12-18(25-24-17)21(29)23-15-6-8-16(9-7-15)32(30,31)28-20-11-10-19(22)26-27-20/h2-12H,1H3,(H,23,29)(H,24,25)(H,27,28). The number of hydrogen-bond donors (Lipinski definition) is 3. The summed E-state index contributed by atoms with van der Waals surface area (Å²) in [5.41, 5.74) is 3.36. The fraction of sp³-hybridized carbons (Fsp3) is 0.0476. The summed E-state index contributed by atoms with van der Waals surface area (Å²) in [6.45, 7) is 1.99. The molecular weight excluding hydrogens is 452 g/mol. The topological polar surface area (TPSA) is 130 Å². The van der Waals surface area contributed by atoms with Crippen molar-refractivity contribution in [2.75, 3.05) is 10.0 Å². The number of aromatic amines is 1. The molecule has 0 radical (unpaired) electrons. The highest BCUT2D eigenvalue weighted by atomic mass is 35.5. The van der Waals surface area contributed by atoms with Gasteiger partial charge in [-0.2, -0.15) is 5.10 Å². The maximum atomic E-state index is 12.5. The molecule has 9 nitrogen and oxygen atoms in total. The lowest BCUT2D eigenvalue weighted by Gasteiger charge is -2.08. The first-order chi connectivity index (χ1) is 15.3. The molecular formula is C21H17ClN6O3S. The summed E-state index contributed by atoms with van der Waals surface area (Å²) in [4.78, 5) is 12.5. The Morgan fingerprint density at radius 1 is 0.969 bits per heavy atom. The number of amides is 1. The molecule has 11 heteroatoms. The smallest absolute Gasteiger partial charge is 0.273 e. The molecule has 3 N–H and O–H groups in total. The van der Waals surface area contributed by atoms with Crippen LogP contribution < -0.4 is 10.0 Å². The summed E-state index contributed by atoms with van der Waals surface area (Å²) in [6.07, 6.45) is 0. The fourth-order valence-corrected chi connectivity index (χ4v) is 3.89. The summed E-state index contributed by atoms with van der Waals surface area (Å²) in [6, 6.07) is 18.0. The van der Waals surface area contributed by atoms with Gasteiger partial charge in [0.1, 0.15) is 5.69 Å². The van der Waals surface area contributed by atoms with Crippen LogP contribution in [-0.2, 0) is 10.0 Å². The quantitative estimate of drug-likeness (QED) is 0.393. The molecule has 0 spiro atoms. The molecule has 0 atom stereocenters. The number of benzene rings is 2. The van der Waals surface area contributed by atoms with Gasteiger partial charge in [-0.05, 0) is 49.4 Å². The molecule has 162 valence electrons. The van der Waals surface area contributed by atoms with E-state index in [1.807, 2.05) is 31.2 Å². The van der Waals surface area contributed by atoms with Crippen molar-refractivity contribution in [3.8, 4) is 11.3 Å². The normalized spacial score (nSPS) is 11.2. The lowest BCUT2D eigenvalue weighted by molar-refractivity contribution is 0.102. The highest BCUT2D eigenvalue weighted by molar-refractivity contribution is 7.92. The predicted octanol–water partition coefficient (Wildman–Crippen LogP) is 3.88. The Morgan fingerprint density at radius 2 is 1.69 bits per heavy atom. The molecule has 0 fully saturated rings. The highest BCUT2D eigenvalue weighted by Gasteiger charge is 2.16. The number of carbonyl (C=O) groups is 1. The Morgan fingerprint density at radius 3 is 2.34 bits per heavy atom. The molecule has 2 aromatic carbocycles. The van der Waals surface area contributed by atoms with E-state index in [1.54, 1.807) is 6.07 Å². The number of aryl methyl sites for hydroxylation is 1. The van der Waals surface area contributed by atoms with Crippen LogP contribution in [0.15, 0.2) is 71.6 Å². The molecule has 2 aromatic heterocycles. The number of nitrogens with one attached hydrogen (secondary N) is 3. The zero-order valence-corrected chi connectivity index (χ0v) is 18.3. The molecule has 2 heterocycles. The number of anilines is 2. The number of nitrogens with zero attached hydrogens (tertiary/aromatic N) is 3. The Labute approximate surface area is 188 Å². The van der Waals surface area contributed by atoms with Crippen molar-refractivity contribution in [1.29, 1.82) is 0 Å². The van der Waals surface area contributed by atoms with Gasteiger partial charge in [-0.3, -0.25) is 14.6 Å². The van der Waals surface area contributed by atoms with Crippen molar-refractivity contribution < 1.29 is 13.2 Å². The average Bonchev–Trinajstić information content (AvgIpc) is 3.27. The maximum absolute atomic E-state index is 12.5. The van der Waals surface area contributed by atoms with Crippen LogP contribution in [0.1, 0.15) is 16.1 Å². The average molecular weight is 469 g/mol. The number of rotatable bonds is 6. The van der Waals surface area contributed by atoms with Gasteiger partial charge in [0.2, 0.25) is 0 Å². The van der Waals surface area contributed by atoms with E-state index in [2.05, 4.69) is 30.4 Å². The first-order valence-electron chi connectivity index (χ1n) is 9.36. The Bertz CT molecular complexity index is 1350. The maximum Gasteiger partial charge on any atom is 0.273 e. The summed E-state index contributed by atoms with van der Waals surface area (Å²) < 4.78 is 27.3. The van der Waals surface area contributed by atoms with Gasteiger partial charge >= 0.3 is 0 Å². The second kappa shape index (κ2) is 8.77. The van der Waals surface area contributed by atoms with Crippen LogP contribution in [0.2, 0.25) is 5.15 Å². The summed E-state index contributed by atoms with van der Waals surface area (Å²) in [7, 11) is -3.88. The highest BCUT2D eigenvalue weighted by Crippen LogP contribution is 2.20. The van der Waals surface area contributed by atoms with Crippen molar-refractivity contribution in [3.63, 3.8) is 0 Å². The van der Waals surface area contributed by atoms with E-state index < -0.39 is 15.9 Å². The molecule has 0 aliphatic heterocycles. The lowest BCUT2D eigenvalue weighted by Crippen LogP contribution is -2.15. The van der Waals surface area contributed by atoms with E-state index in [0.717, 1.165) is 11.1 Å². The minimum Gasteiger partial charge on any atom is -0.321 e. The fourth-order valence-electron chi connectivity index (χ4n) is 2.79. The molecule has 0 bridgehead atoms. The third kappa shape index (κ3) is 4.93. The Hall–Kier alpha value is -3.76. The van der Waals surface area contributed by atoms with Gasteiger partial charge in [-0.25, -0.2) is 8.42 Å². The van der Waals surface area contributed by atoms with Crippen molar-refractivity contribution in [2.45, 2.75) is 11.8 Å². The number of H-pyrrole nitrogens is 1. The van der Waals surface area contributed by atoms with E-state index in [0.29, 0.717) is 11.4 Å². The summed E-state index contributed by atoms with van der Waals surface area (Å²) >= 11 is 5.65. The molecule has 0 saturated heterocycles. The molecule has 1 amide bonds. The largest absolute Gasteiger partial charge is 0.321 e. The molecule has 0 saturated carbocycles. The summed E-state index contributed by atoms with van der Waals surface area (Å²) in [5, 5.41) is 17.0. The second-order valence-corrected chi connectivity index (χ2v) is 8.93. The molecule has 4 aromatic rings. The van der Waals surface area contributed by atoms with Gasteiger partial charge in [0.25, 0.3) is 15.9 Å². The second-order valence-electron chi connectivity index (χ2n) is 6.86. The molecule has 0 unspecified atom stereocenters. The Kier molecular flexibility index (Phi) is 5.89. The third-order valence-electron chi connectivity index (χ3n) is 4.46. The van der Waals surface area contributed by atoms with Gasteiger partial charge in [-0.15, -0.1) is 10.2 Å². The van der Waals surface area contributed by atoms with Crippen molar-refractivity contribution in [3.05, 3.63) is 83.1 Å². The number of aromatic nitrogens is 4. The van der Waals surface area contributed by atoms with Crippen LogP contribution in [0.5, 0.6) is 0 Å². The van der Waals surface area contributed by atoms with Crippen LogP contribution in [0.25, 0.3) is 11.3 Å². The first kappa shape index (κ1) is 21.5. The van der Waals surface area contributed by atoms with Crippen LogP contribution in [0, 0.1) is 6.92 Å². The van der Waals surface area contributed by atoms with E-state index in [9.17, 15) is 13.2 Å². The Balaban J connectivity index is 1.43. The van der Waals surface area contributed by atoms with E-state index in [1.165, 1.54) is 36.4 Å². The third-order valence-corrected chi connectivity index (χ3v) is 6.04. The van der Waals surface area contributed by atoms with Crippen LogP contribution in [0.4, 0.5) is 11.5 Å². The predicted molar refractivity (Wildman–Crippen MR) is 121 cm³/mol. The molecule has 0 aliphatic rings. The van der Waals surface area contributed by atoms with Gasteiger partial charge in [-0.1, -0.05) is 41.4 Å². The minimum absolute atomic E-state index is 0.00422. The number of hydrogen-bond acceptors (Lipinski definition) is 6.